The van der Waals surface area contributed by atoms with Gasteiger partial charge in [-0.3, -0.25) is 4.79 Å². The third-order valence-corrected chi connectivity index (χ3v) is 4.68. The van der Waals surface area contributed by atoms with Crippen LogP contribution in [-0.4, -0.2) is 33.9 Å². The summed E-state index contributed by atoms with van der Waals surface area (Å²) < 4.78 is 0. The lowest BCUT2D eigenvalue weighted by atomic mass is 9.99. The SMILES string of the molecule is Cc1ccc([C@@H]2CCCN2C(=O)CCNc2ncccn2)cc1C. The molecular formula is C19H24N4O. The molecule has 5 nitrogen and oxygen atoms in total. The van der Waals surface area contributed by atoms with Gasteiger partial charge in [0.1, 0.15) is 0 Å². The highest BCUT2D eigenvalue weighted by atomic mass is 16.2. The molecule has 3 rings (SSSR count). The van der Waals surface area contributed by atoms with E-state index < -0.39 is 0 Å². The molecule has 126 valence electrons. The summed E-state index contributed by atoms with van der Waals surface area (Å²) in [5.41, 5.74) is 3.83. The Bertz CT molecular complexity index is 702. The largest absolute Gasteiger partial charge is 0.354 e. The van der Waals surface area contributed by atoms with Gasteiger partial charge in [0.2, 0.25) is 11.9 Å². The first-order valence-electron chi connectivity index (χ1n) is 8.52. The Balaban J connectivity index is 1.60. The van der Waals surface area contributed by atoms with Gasteiger partial charge in [0.15, 0.2) is 0 Å². The fourth-order valence-electron chi connectivity index (χ4n) is 3.20. The number of likely N-dealkylation sites (tertiary alicyclic amines) is 1. The first-order chi connectivity index (χ1) is 11.6. The highest BCUT2D eigenvalue weighted by Gasteiger charge is 2.29. The number of carbonyl (C=O) groups excluding carboxylic acids is 1. The number of aryl methyl sites for hydroxylation is 2. The molecule has 1 fully saturated rings. The lowest BCUT2D eigenvalue weighted by Crippen LogP contribution is -2.31. The Hall–Kier alpha value is -2.43. The topological polar surface area (TPSA) is 58.1 Å². The average Bonchev–Trinajstić information content (AvgIpc) is 3.08. The van der Waals surface area contributed by atoms with E-state index in [1.54, 1.807) is 18.5 Å². The van der Waals surface area contributed by atoms with Crippen molar-refractivity contribution in [3.8, 4) is 0 Å². The maximum atomic E-state index is 12.6. The third kappa shape index (κ3) is 3.72. The predicted molar refractivity (Wildman–Crippen MR) is 94.7 cm³/mol. The quantitative estimate of drug-likeness (QED) is 0.917. The lowest BCUT2D eigenvalue weighted by molar-refractivity contribution is -0.131. The molecule has 0 unspecified atom stereocenters. The summed E-state index contributed by atoms with van der Waals surface area (Å²) in [6.45, 7) is 5.65. The van der Waals surface area contributed by atoms with Gasteiger partial charge < -0.3 is 10.2 Å². The zero-order valence-electron chi connectivity index (χ0n) is 14.3. The molecule has 1 saturated heterocycles. The number of hydrogen-bond donors (Lipinski definition) is 1. The molecule has 1 N–H and O–H groups in total. The number of nitrogens with zero attached hydrogens (tertiary/aromatic N) is 3. The molecule has 1 amide bonds. The van der Waals surface area contributed by atoms with Crippen LogP contribution >= 0.6 is 0 Å². The molecular weight excluding hydrogens is 300 g/mol. The van der Waals surface area contributed by atoms with Crippen LogP contribution < -0.4 is 5.32 Å². The van der Waals surface area contributed by atoms with Crippen LogP contribution in [0.4, 0.5) is 5.95 Å². The summed E-state index contributed by atoms with van der Waals surface area (Å²) in [5.74, 6) is 0.761. The molecule has 2 aromatic rings. The molecule has 24 heavy (non-hydrogen) atoms. The number of hydrogen-bond acceptors (Lipinski definition) is 4. The standard InChI is InChI=1S/C19H24N4O/c1-14-6-7-16(13-15(14)2)17-5-3-12-23(17)18(24)8-11-22-19-20-9-4-10-21-19/h4,6-7,9-10,13,17H,3,5,8,11-12H2,1-2H3,(H,20,21,22)/t17-/m0/s1. The summed E-state index contributed by atoms with van der Waals surface area (Å²) in [4.78, 5) is 22.9. The van der Waals surface area contributed by atoms with E-state index in [-0.39, 0.29) is 11.9 Å². The van der Waals surface area contributed by atoms with Crippen molar-refractivity contribution in [1.82, 2.24) is 14.9 Å². The van der Waals surface area contributed by atoms with Crippen molar-refractivity contribution in [3.05, 3.63) is 53.3 Å². The van der Waals surface area contributed by atoms with Gasteiger partial charge in [0, 0.05) is 31.9 Å². The van der Waals surface area contributed by atoms with Gasteiger partial charge in [-0.15, -0.1) is 0 Å². The number of benzene rings is 1. The summed E-state index contributed by atoms with van der Waals surface area (Å²) in [7, 11) is 0. The summed E-state index contributed by atoms with van der Waals surface area (Å²) in [5, 5.41) is 3.10. The minimum atomic E-state index is 0.194. The summed E-state index contributed by atoms with van der Waals surface area (Å²) in [6.07, 6.45) is 5.95. The van der Waals surface area contributed by atoms with E-state index >= 15 is 0 Å². The van der Waals surface area contributed by atoms with Gasteiger partial charge in [-0.1, -0.05) is 18.2 Å². The molecule has 5 heteroatoms. The molecule has 1 aromatic heterocycles. The number of amides is 1. The van der Waals surface area contributed by atoms with Crippen LogP contribution in [0, 0.1) is 13.8 Å². The predicted octanol–water partition coefficient (Wildman–Crippen LogP) is 3.26. The van der Waals surface area contributed by atoms with Gasteiger partial charge in [-0.05, 0) is 49.4 Å². The number of anilines is 1. The van der Waals surface area contributed by atoms with E-state index in [2.05, 4.69) is 47.3 Å². The Morgan fingerprint density at radius 3 is 2.79 bits per heavy atom. The van der Waals surface area contributed by atoms with E-state index in [0.717, 1.165) is 19.4 Å². The zero-order chi connectivity index (χ0) is 16.9. The number of carbonyl (C=O) groups is 1. The van der Waals surface area contributed by atoms with E-state index in [1.165, 1.54) is 16.7 Å². The molecule has 1 aliphatic rings. The molecule has 1 aromatic carbocycles. The van der Waals surface area contributed by atoms with Crippen molar-refractivity contribution in [2.45, 2.75) is 39.2 Å². The van der Waals surface area contributed by atoms with Crippen LogP contribution in [0.25, 0.3) is 0 Å². The fraction of sp³-hybridized carbons (Fsp3) is 0.421. The van der Waals surface area contributed by atoms with Crippen molar-refractivity contribution in [3.63, 3.8) is 0 Å². The highest BCUT2D eigenvalue weighted by Crippen LogP contribution is 2.33. The number of aromatic nitrogens is 2. The van der Waals surface area contributed by atoms with Gasteiger partial charge in [-0.2, -0.15) is 0 Å². The van der Waals surface area contributed by atoms with Gasteiger partial charge in [0.05, 0.1) is 6.04 Å². The Kier molecular flexibility index (Phi) is 5.08. The first kappa shape index (κ1) is 16.4. The van der Waals surface area contributed by atoms with Crippen LogP contribution in [0.5, 0.6) is 0 Å². The monoisotopic (exact) mass is 324 g/mol. The Labute approximate surface area is 143 Å². The minimum Gasteiger partial charge on any atom is -0.354 e. The second kappa shape index (κ2) is 7.43. The van der Waals surface area contributed by atoms with Gasteiger partial charge in [-0.25, -0.2) is 9.97 Å². The second-order valence-electron chi connectivity index (χ2n) is 6.34. The molecule has 1 aliphatic heterocycles. The molecule has 0 aliphatic carbocycles. The van der Waals surface area contributed by atoms with Crippen LogP contribution in [0.15, 0.2) is 36.7 Å². The highest BCUT2D eigenvalue weighted by molar-refractivity contribution is 5.77. The molecule has 2 heterocycles. The van der Waals surface area contributed by atoms with Crippen molar-refractivity contribution in [2.75, 3.05) is 18.4 Å². The molecule has 0 radical (unpaired) electrons. The summed E-state index contributed by atoms with van der Waals surface area (Å²) >= 11 is 0. The Morgan fingerprint density at radius 2 is 2.04 bits per heavy atom. The van der Waals surface area contributed by atoms with Crippen LogP contribution in [-0.2, 0) is 4.79 Å². The third-order valence-electron chi connectivity index (χ3n) is 4.68. The van der Waals surface area contributed by atoms with Gasteiger partial charge >= 0.3 is 0 Å². The summed E-state index contributed by atoms with van der Waals surface area (Å²) in [6, 6.07) is 8.52. The van der Waals surface area contributed by atoms with Crippen LogP contribution in [0.3, 0.4) is 0 Å². The lowest BCUT2D eigenvalue weighted by Gasteiger charge is -2.26. The Morgan fingerprint density at radius 1 is 1.25 bits per heavy atom. The van der Waals surface area contributed by atoms with E-state index in [0.29, 0.717) is 18.9 Å². The zero-order valence-corrected chi connectivity index (χ0v) is 14.3. The molecule has 0 spiro atoms. The minimum absolute atomic E-state index is 0.194. The van der Waals surface area contributed by atoms with Crippen molar-refractivity contribution >= 4 is 11.9 Å². The van der Waals surface area contributed by atoms with Gasteiger partial charge in [0.25, 0.3) is 0 Å². The van der Waals surface area contributed by atoms with Crippen molar-refractivity contribution in [2.24, 2.45) is 0 Å². The first-order valence-corrected chi connectivity index (χ1v) is 8.52. The van der Waals surface area contributed by atoms with Crippen molar-refractivity contribution < 1.29 is 4.79 Å². The van der Waals surface area contributed by atoms with E-state index in [1.807, 2.05) is 4.90 Å². The smallest absolute Gasteiger partial charge is 0.224 e. The van der Waals surface area contributed by atoms with Crippen molar-refractivity contribution in [1.29, 1.82) is 0 Å². The van der Waals surface area contributed by atoms with Crippen LogP contribution in [0.1, 0.15) is 42.0 Å². The fourth-order valence-corrected chi connectivity index (χ4v) is 3.20. The molecule has 0 saturated carbocycles. The maximum Gasteiger partial charge on any atom is 0.224 e. The number of rotatable bonds is 5. The average molecular weight is 324 g/mol. The number of nitrogens with one attached hydrogen (secondary N) is 1. The maximum absolute atomic E-state index is 12.6. The van der Waals surface area contributed by atoms with Crippen LogP contribution in [0.2, 0.25) is 0 Å². The van der Waals surface area contributed by atoms with E-state index in [4.69, 9.17) is 0 Å². The second-order valence-corrected chi connectivity index (χ2v) is 6.34. The normalized spacial score (nSPS) is 17.1. The molecule has 1 atom stereocenters. The molecule has 0 bridgehead atoms. The van der Waals surface area contributed by atoms with E-state index in [9.17, 15) is 4.79 Å².